The molecule has 0 radical (unpaired) electrons. The van der Waals surface area contributed by atoms with Crippen LogP contribution in [0.2, 0.25) is 0 Å². The van der Waals surface area contributed by atoms with Gasteiger partial charge in [-0.05, 0) is 19.5 Å². The molecule has 1 amide bonds. The van der Waals surface area contributed by atoms with Crippen molar-refractivity contribution in [3.8, 4) is 0 Å². The summed E-state index contributed by atoms with van der Waals surface area (Å²) in [6, 6.07) is 0. The minimum Gasteiger partial charge on any atom is -0.339 e. The van der Waals surface area contributed by atoms with E-state index in [1.807, 2.05) is 11.8 Å². The molecule has 1 N–H and O–H groups in total. The molecule has 18 heavy (non-hydrogen) atoms. The van der Waals surface area contributed by atoms with Crippen molar-refractivity contribution in [3.63, 3.8) is 0 Å². The minimum atomic E-state index is 0.316. The van der Waals surface area contributed by atoms with Gasteiger partial charge in [-0.1, -0.05) is 13.8 Å². The van der Waals surface area contributed by atoms with Gasteiger partial charge in [0.25, 0.3) is 0 Å². The summed E-state index contributed by atoms with van der Waals surface area (Å²) in [5, 5.41) is 4.52. The molecule has 2 aliphatic heterocycles. The van der Waals surface area contributed by atoms with Gasteiger partial charge in [0.05, 0.1) is 6.54 Å². The third-order valence-corrected chi connectivity index (χ3v) is 4.79. The van der Waals surface area contributed by atoms with Crippen LogP contribution in [0.3, 0.4) is 0 Å². The van der Waals surface area contributed by atoms with Gasteiger partial charge >= 0.3 is 0 Å². The molecule has 0 aromatic carbocycles. The molecular formula is C13H25N3OS. The Bertz CT molecular complexity index is 269. The largest absolute Gasteiger partial charge is 0.339 e. The van der Waals surface area contributed by atoms with Crippen molar-refractivity contribution in [2.45, 2.75) is 30.8 Å². The van der Waals surface area contributed by atoms with Crippen molar-refractivity contribution in [1.82, 2.24) is 15.1 Å². The Balaban J connectivity index is 1.82. The molecule has 0 spiro atoms. The number of hydrogen-bond donors (Lipinski definition) is 1. The van der Waals surface area contributed by atoms with E-state index < -0.39 is 0 Å². The normalized spacial score (nSPS) is 31.1. The summed E-state index contributed by atoms with van der Waals surface area (Å²) in [6.45, 7) is 11.0. The van der Waals surface area contributed by atoms with E-state index in [1.54, 1.807) is 0 Å². The second kappa shape index (κ2) is 6.78. The maximum absolute atomic E-state index is 12.3. The molecular weight excluding hydrogens is 246 g/mol. The Labute approximate surface area is 114 Å². The quantitative estimate of drug-likeness (QED) is 0.799. The number of nitrogens with zero attached hydrogens (tertiary/aromatic N) is 2. The van der Waals surface area contributed by atoms with Crippen LogP contribution in [0.4, 0.5) is 0 Å². The first-order valence-electron chi connectivity index (χ1n) is 7.01. The number of carbonyl (C=O) groups excluding carboxylic acids is 1. The number of nitrogens with one attached hydrogen (secondary N) is 1. The highest BCUT2D eigenvalue weighted by Crippen LogP contribution is 2.24. The van der Waals surface area contributed by atoms with Gasteiger partial charge in [0.2, 0.25) is 5.91 Å². The molecule has 2 rings (SSSR count). The van der Waals surface area contributed by atoms with Crippen molar-refractivity contribution in [3.05, 3.63) is 0 Å². The molecule has 2 atom stereocenters. The lowest BCUT2D eigenvalue weighted by atomic mass is 10.3. The zero-order chi connectivity index (χ0) is 13.0. The van der Waals surface area contributed by atoms with Gasteiger partial charge in [-0.25, -0.2) is 0 Å². The van der Waals surface area contributed by atoms with Crippen LogP contribution in [0.15, 0.2) is 0 Å². The molecule has 0 bridgehead atoms. The first-order valence-corrected chi connectivity index (χ1v) is 7.95. The highest BCUT2D eigenvalue weighted by Gasteiger charge is 2.26. The molecule has 0 aromatic rings. The van der Waals surface area contributed by atoms with Gasteiger partial charge in [-0.2, -0.15) is 11.8 Å². The van der Waals surface area contributed by atoms with Crippen LogP contribution in [-0.4, -0.2) is 72.0 Å². The van der Waals surface area contributed by atoms with Crippen LogP contribution in [0, 0.1) is 0 Å². The SMILES string of the molecule is CC1CN(C(=O)CN2CCCNCC2)CC(C)S1. The average Bonchev–Trinajstić information content (AvgIpc) is 2.56. The van der Waals surface area contributed by atoms with E-state index in [1.165, 1.54) is 0 Å². The second-order valence-electron chi connectivity index (χ2n) is 5.44. The number of carbonyl (C=O) groups is 1. The fourth-order valence-electron chi connectivity index (χ4n) is 2.73. The Morgan fingerprint density at radius 3 is 2.67 bits per heavy atom. The zero-order valence-electron chi connectivity index (χ0n) is 11.5. The van der Waals surface area contributed by atoms with E-state index in [0.29, 0.717) is 23.0 Å². The summed E-state index contributed by atoms with van der Waals surface area (Å²) >= 11 is 1.99. The summed E-state index contributed by atoms with van der Waals surface area (Å²) in [6.07, 6.45) is 1.15. The number of rotatable bonds is 2. The van der Waals surface area contributed by atoms with Gasteiger partial charge < -0.3 is 10.2 Å². The Morgan fingerprint density at radius 2 is 1.94 bits per heavy atom. The summed E-state index contributed by atoms with van der Waals surface area (Å²) in [5.74, 6) is 0.316. The van der Waals surface area contributed by atoms with Crippen molar-refractivity contribution >= 4 is 17.7 Å². The van der Waals surface area contributed by atoms with Gasteiger partial charge in [-0.15, -0.1) is 0 Å². The molecule has 4 nitrogen and oxygen atoms in total. The lowest BCUT2D eigenvalue weighted by molar-refractivity contribution is -0.132. The molecule has 2 heterocycles. The lowest BCUT2D eigenvalue weighted by Gasteiger charge is -2.35. The van der Waals surface area contributed by atoms with E-state index in [9.17, 15) is 4.79 Å². The topological polar surface area (TPSA) is 35.6 Å². The van der Waals surface area contributed by atoms with Crippen LogP contribution < -0.4 is 5.32 Å². The fourth-order valence-corrected chi connectivity index (χ4v) is 4.06. The molecule has 0 saturated carbocycles. The summed E-state index contributed by atoms with van der Waals surface area (Å²) in [7, 11) is 0. The molecule has 104 valence electrons. The van der Waals surface area contributed by atoms with Crippen molar-refractivity contribution in [2.75, 3.05) is 45.8 Å². The third kappa shape index (κ3) is 4.14. The monoisotopic (exact) mass is 271 g/mol. The van der Waals surface area contributed by atoms with Gasteiger partial charge in [0.15, 0.2) is 0 Å². The first-order chi connectivity index (χ1) is 8.65. The Hall–Kier alpha value is -0.260. The fraction of sp³-hybridized carbons (Fsp3) is 0.923. The highest BCUT2D eigenvalue weighted by molar-refractivity contribution is 8.00. The third-order valence-electron chi connectivity index (χ3n) is 3.56. The molecule has 0 aromatic heterocycles. The summed E-state index contributed by atoms with van der Waals surface area (Å²) < 4.78 is 0. The van der Waals surface area contributed by atoms with Gasteiger partial charge in [0, 0.05) is 36.7 Å². The van der Waals surface area contributed by atoms with E-state index in [-0.39, 0.29) is 0 Å². The highest BCUT2D eigenvalue weighted by atomic mass is 32.2. The number of amides is 1. The molecule has 2 unspecified atom stereocenters. The Kier molecular flexibility index (Phi) is 5.33. The molecule has 2 aliphatic rings. The summed E-state index contributed by atoms with van der Waals surface area (Å²) in [5.41, 5.74) is 0. The van der Waals surface area contributed by atoms with Crippen LogP contribution in [0.25, 0.3) is 0 Å². The minimum absolute atomic E-state index is 0.316. The van der Waals surface area contributed by atoms with Gasteiger partial charge in [0.1, 0.15) is 0 Å². The predicted molar refractivity (Wildman–Crippen MR) is 77.0 cm³/mol. The van der Waals surface area contributed by atoms with Crippen LogP contribution in [-0.2, 0) is 4.79 Å². The predicted octanol–water partition coefficient (Wildman–Crippen LogP) is 0.634. The smallest absolute Gasteiger partial charge is 0.236 e. The van der Waals surface area contributed by atoms with Crippen LogP contribution in [0.5, 0.6) is 0 Å². The molecule has 0 aliphatic carbocycles. The van der Waals surface area contributed by atoms with E-state index in [0.717, 1.165) is 45.7 Å². The van der Waals surface area contributed by atoms with Crippen molar-refractivity contribution in [2.24, 2.45) is 0 Å². The maximum atomic E-state index is 12.3. The van der Waals surface area contributed by atoms with Crippen LogP contribution >= 0.6 is 11.8 Å². The van der Waals surface area contributed by atoms with Crippen molar-refractivity contribution in [1.29, 1.82) is 0 Å². The second-order valence-corrected chi connectivity index (χ2v) is 7.32. The Morgan fingerprint density at radius 1 is 1.22 bits per heavy atom. The molecule has 5 heteroatoms. The van der Waals surface area contributed by atoms with Crippen molar-refractivity contribution < 1.29 is 4.79 Å². The first kappa shape index (κ1) is 14.2. The molecule has 2 saturated heterocycles. The molecule has 2 fully saturated rings. The summed E-state index contributed by atoms with van der Waals surface area (Å²) in [4.78, 5) is 16.7. The lowest BCUT2D eigenvalue weighted by Crippen LogP contribution is -2.48. The van der Waals surface area contributed by atoms with Crippen LogP contribution in [0.1, 0.15) is 20.3 Å². The zero-order valence-corrected chi connectivity index (χ0v) is 12.3. The number of hydrogen-bond acceptors (Lipinski definition) is 4. The van der Waals surface area contributed by atoms with E-state index in [2.05, 4.69) is 29.0 Å². The van der Waals surface area contributed by atoms with E-state index in [4.69, 9.17) is 0 Å². The standard InChI is InChI=1S/C13H25N3OS/c1-11-8-16(9-12(2)18-11)13(17)10-15-6-3-4-14-5-7-15/h11-12,14H,3-10H2,1-2H3. The maximum Gasteiger partial charge on any atom is 0.236 e. The van der Waals surface area contributed by atoms with E-state index >= 15 is 0 Å². The average molecular weight is 271 g/mol. The number of thioether (sulfide) groups is 1. The van der Waals surface area contributed by atoms with Gasteiger partial charge in [-0.3, -0.25) is 9.69 Å².